The summed E-state index contributed by atoms with van der Waals surface area (Å²) in [7, 11) is 0. The number of hydrogen-bond acceptors (Lipinski definition) is 3. The lowest BCUT2D eigenvalue weighted by Gasteiger charge is -2.34. The third-order valence-electron chi connectivity index (χ3n) is 6.09. The van der Waals surface area contributed by atoms with Crippen molar-refractivity contribution in [3.63, 3.8) is 0 Å². The number of anilines is 1. The average Bonchev–Trinajstić information content (AvgIpc) is 3.19. The number of piperidine rings is 1. The number of furan rings is 1. The van der Waals surface area contributed by atoms with Gasteiger partial charge in [-0.05, 0) is 67.9 Å². The fraction of sp³-hybridized carbons (Fsp3) is 0.222. The topological polar surface area (TPSA) is 45.5 Å². The molecule has 0 saturated carbocycles. The molecule has 1 atom stereocenters. The zero-order valence-corrected chi connectivity index (χ0v) is 18.5. The van der Waals surface area contributed by atoms with Crippen LogP contribution in [0.2, 0.25) is 5.02 Å². The van der Waals surface area contributed by atoms with E-state index in [0.29, 0.717) is 10.6 Å². The zero-order valence-electron chi connectivity index (χ0n) is 17.8. The van der Waals surface area contributed by atoms with Crippen molar-refractivity contribution in [3.8, 4) is 0 Å². The monoisotopic (exact) mass is 444 g/mol. The van der Waals surface area contributed by atoms with Crippen LogP contribution in [-0.4, -0.2) is 23.9 Å². The number of rotatable bonds is 5. The lowest BCUT2D eigenvalue weighted by Crippen LogP contribution is -2.34. The molecule has 0 aliphatic carbocycles. The molecule has 0 unspecified atom stereocenters. The molecule has 5 rings (SSSR count). The van der Waals surface area contributed by atoms with Crippen LogP contribution in [0, 0.1) is 0 Å². The SMILES string of the molecule is O=C(Nc1c([C@H](c2ccc(Cl)cc2)N2CCCCC2)oc2ccccc12)c1ccccc1. The minimum absolute atomic E-state index is 0.106. The van der Waals surface area contributed by atoms with Gasteiger partial charge in [0.15, 0.2) is 0 Å². The predicted molar refractivity (Wildman–Crippen MR) is 129 cm³/mol. The van der Waals surface area contributed by atoms with Crippen molar-refractivity contribution in [2.45, 2.75) is 25.3 Å². The second-order valence-corrected chi connectivity index (χ2v) is 8.64. The summed E-state index contributed by atoms with van der Waals surface area (Å²) >= 11 is 6.19. The first-order chi connectivity index (χ1) is 15.7. The minimum atomic E-state index is -0.146. The molecule has 0 spiro atoms. The Labute approximate surface area is 192 Å². The summed E-state index contributed by atoms with van der Waals surface area (Å²) in [6.45, 7) is 1.97. The summed E-state index contributed by atoms with van der Waals surface area (Å²) in [4.78, 5) is 15.6. The van der Waals surface area contributed by atoms with Crippen molar-refractivity contribution in [2.24, 2.45) is 0 Å². The van der Waals surface area contributed by atoms with E-state index in [0.717, 1.165) is 53.9 Å². The van der Waals surface area contributed by atoms with Crippen molar-refractivity contribution in [2.75, 3.05) is 18.4 Å². The van der Waals surface area contributed by atoms with Gasteiger partial charge in [-0.3, -0.25) is 9.69 Å². The van der Waals surface area contributed by atoms with E-state index in [4.69, 9.17) is 16.0 Å². The number of amides is 1. The van der Waals surface area contributed by atoms with Gasteiger partial charge in [0.1, 0.15) is 11.3 Å². The van der Waals surface area contributed by atoms with Crippen molar-refractivity contribution >= 4 is 34.2 Å². The van der Waals surface area contributed by atoms with Crippen LogP contribution >= 0.6 is 11.6 Å². The van der Waals surface area contributed by atoms with Gasteiger partial charge in [-0.25, -0.2) is 0 Å². The van der Waals surface area contributed by atoms with Crippen LogP contribution in [0.4, 0.5) is 5.69 Å². The Hall–Kier alpha value is -3.08. The molecule has 1 amide bonds. The summed E-state index contributed by atoms with van der Waals surface area (Å²) < 4.78 is 6.45. The summed E-state index contributed by atoms with van der Waals surface area (Å²) in [5, 5.41) is 4.77. The molecule has 0 bridgehead atoms. The number of fused-ring (bicyclic) bond motifs is 1. The maximum Gasteiger partial charge on any atom is 0.255 e. The van der Waals surface area contributed by atoms with Crippen LogP contribution < -0.4 is 5.32 Å². The molecule has 1 aromatic heterocycles. The Morgan fingerprint density at radius 2 is 1.56 bits per heavy atom. The average molecular weight is 445 g/mol. The van der Waals surface area contributed by atoms with Gasteiger partial charge in [-0.1, -0.05) is 60.5 Å². The number of likely N-dealkylation sites (tertiary alicyclic amines) is 1. The number of nitrogens with zero attached hydrogens (tertiary/aromatic N) is 1. The molecule has 1 fully saturated rings. The molecular weight excluding hydrogens is 420 g/mol. The summed E-state index contributed by atoms with van der Waals surface area (Å²) in [6.07, 6.45) is 3.54. The van der Waals surface area contributed by atoms with Crippen molar-refractivity contribution in [1.82, 2.24) is 4.90 Å². The molecule has 162 valence electrons. The van der Waals surface area contributed by atoms with Gasteiger partial charge in [0.25, 0.3) is 5.91 Å². The Bertz CT molecular complexity index is 1210. The van der Waals surface area contributed by atoms with E-state index >= 15 is 0 Å². The maximum atomic E-state index is 13.1. The van der Waals surface area contributed by atoms with Crippen LogP contribution in [0.1, 0.15) is 47.0 Å². The van der Waals surface area contributed by atoms with Crippen molar-refractivity contribution < 1.29 is 9.21 Å². The van der Waals surface area contributed by atoms with Gasteiger partial charge < -0.3 is 9.73 Å². The quantitative estimate of drug-likeness (QED) is 0.363. The van der Waals surface area contributed by atoms with Crippen LogP contribution in [0.15, 0.2) is 83.3 Å². The molecule has 1 aliphatic rings. The molecular formula is C27H25ClN2O2. The largest absolute Gasteiger partial charge is 0.457 e. The molecule has 2 heterocycles. The lowest BCUT2D eigenvalue weighted by atomic mass is 9.98. The molecule has 32 heavy (non-hydrogen) atoms. The normalized spacial score (nSPS) is 15.5. The van der Waals surface area contributed by atoms with E-state index in [1.165, 1.54) is 6.42 Å². The van der Waals surface area contributed by atoms with Crippen LogP contribution in [0.3, 0.4) is 0 Å². The Kier molecular flexibility index (Phi) is 5.97. The lowest BCUT2D eigenvalue weighted by molar-refractivity contribution is 0.102. The van der Waals surface area contributed by atoms with Crippen LogP contribution in [-0.2, 0) is 0 Å². The van der Waals surface area contributed by atoms with E-state index in [1.54, 1.807) is 0 Å². The highest BCUT2D eigenvalue weighted by atomic mass is 35.5. The highest BCUT2D eigenvalue weighted by Crippen LogP contribution is 2.41. The van der Waals surface area contributed by atoms with Gasteiger partial charge in [0, 0.05) is 16.0 Å². The van der Waals surface area contributed by atoms with Crippen LogP contribution in [0.5, 0.6) is 0 Å². The first kappa shape index (κ1) is 20.8. The number of para-hydroxylation sites is 1. The maximum absolute atomic E-state index is 13.1. The number of carbonyl (C=O) groups excluding carboxylic acids is 1. The number of hydrogen-bond donors (Lipinski definition) is 1. The molecule has 1 saturated heterocycles. The van der Waals surface area contributed by atoms with Crippen LogP contribution in [0.25, 0.3) is 11.0 Å². The standard InChI is InChI=1S/C27H25ClN2O2/c28-21-15-13-19(14-16-21)25(30-17-7-2-8-18-30)26-24(22-11-5-6-12-23(22)32-26)29-27(31)20-9-3-1-4-10-20/h1,3-6,9-16,25H,2,7-8,17-18H2,(H,29,31)/t25-/m0/s1. The summed E-state index contributed by atoms with van der Waals surface area (Å²) in [5.74, 6) is 0.617. The fourth-order valence-corrected chi connectivity index (χ4v) is 4.64. The Balaban J connectivity index is 1.63. The molecule has 1 aliphatic heterocycles. The molecule has 5 heteroatoms. The van der Waals surface area contributed by atoms with Crippen molar-refractivity contribution in [1.29, 1.82) is 0 Å². The second-order valence-electron chi connectivity index (χ2n) is 8.21. The summed E-state index contributed by atoms with van der Waals surface area (Å²) in [5.41, 5.74) is 3.22. The summed E-state index contributed by atoms with van der Waals surface area (Å²) in [6, 6.07) is 25.0. The van der Waals surface area contributed by atoms with Gasteiger partial charge in [-0.15, -0.1) is 0 Å². The van der Waals surface area contributed by atoms with E-state index in [1.807, 2.05) is 66.7 Å². The number of nitrogens with one attached hydrogen (secondary N) is 1. The van der Waals surface area contributed by atoms with Gasteiger partial charge in [0.05, 0.1) is 11.7 Å². The van der Waals surface area contributed by atoms with E-state index < -0.39 is 0 Å². The first-order valence-corrected chi connectivity index (χ1v) is 11.5. The fourth-order valence-electron chi connectivity index (χ4n) is 4.51. The smallest absolute Gasteiger partial charge is 0.255 e. The van der Waals surface area contributed by atoms with Crippen molar-refractivity contribution in [3.05, 3.63) is 101 Å². The highest BCUT2D eigenvalue weighted by molar-refractivity contribution is 6.30. The molecule has 4 aromatic rings. The molecule has 3 aromatic carbocycles. The van der Waals surface area contributed by atoms with E-state index in [2.05, 4.69) is 22.3 Å². The third-order valence-corrected chi connectivity index (χ3v) is 6.34. The third kappa shape index (κ3) is 4.16. The number of halogens is 1. The molecule has 1 N–H and O–H groups in total. The number of benzene rings is 3. The zero-order chi connectivity index (χ0) is 21.9. The van der Waals surface area contributed by atoms with E-state index in [9.17, 15) is 4.79 Å². The first-order valence-electron chi connectivity index (χ1n) is 11.1. The molecule has 4 nitrogen and oxygen atoms in total. The highest BCUT2D eigenvalue weighted by Gasteiger charge is 2.31. The second kappa shape index (κ2) is 9.19. The van der Waals surface area contributed by atoms with E-state index in [-0.39, 0.29) is 11.9 Å². The molecule has 0 radical (unpaired) electrons. The Morgan fingerprint density at radius 3 is 2.31 bits per heavy atom. The Morgan fingerprint density at radius 1 is 0.875 bits per heavy atom. The predicted octanol–water partition coefficient (Wildman–Crippen LogP) is 6.91. The number of carbonyl (C=O) groups is 1. The van der Waals surface area contributed by atoms with Gasteiger partial charge >= 0.3 is 0 Å². The minimum Gasteiger partial charge on any atom is -0.457 e. The van der Waals surface area contributed by atoms with Gasteiger partial charge in [-0.2, -0.15) is 0 Å². The van der Waals surface area contributed by atoms with Gasteiger partial charge in [0.2, 0.25) is 0 Å².